The van der Waals surface area contributed by atoms with Crippen molar-refractivity contribution in [3.05, 3.63) is 59.1 Å². The highest BCUT2D eigenvalue weighted by Crippen LogP contribution is 2.19. The predicted molar refractivity (Wildman–Crippen MR) is 94.0 cm³/mol. The first-order valence-electron chi connectivity index (χ1n) is 8.32. The van der Waals surface area contributed by atoms with Crippen LogP contribution in [-0.2, 0) is 13.1 Å². The van der Waals surface area contributed by atoms with Crippen LogP contribution in [0, 0.1) is 0 Å². The molecule has 1 fully saturated rings. The monoisotopic (exact) mass is 358 g/mol. The first-order valence-corrected chi connectivity index (χ1v) is 8.69. The van der Waals surface area contributed by atoms with E-state index >= 15 is 0 Å². The van der Waals surface area contributed by atoms with E-state index in [2.05, 4.69) is 26.1 Å². The number of rotatable bonds is 5. The third-order valence-corrected chi connectivity index (χ3v) is 4.55. The average molecular weight is 359 g/mol. The number of hydrogen-bond acceptors (Lipinski definition) is 6. The molecule has 7 heteroatoms. The highest BCUT2D eigenvalue weighted by molar-refractivity contribution is 6.30. The van der Waals surface area contributed by atoms with Crippen LogP contribution in [0.3, 0.4) is 0 Å². The number of benzene rings is 1. The summed E-state index contributed by atoms with van der Waals surface area (Å²) in [5, 5.41) is 8.95. The summed E-state index contributed by atoms with van der Waals surface area (Å²) < 4.78 is 11.0. The lowest BCUT2D eigenvalue weighted by Gasteiger charge is -2.33. The molecule has 1 saturated heterocycles. The standard InChI is InChI=1S/C18H19ClN4O2/c19-15-4-1-3-14(11-15)12-22-6-8-23(9-7-22)13-17-20-21-18(25-17)16-5-2-10-24-16/h1-5,10-11H,6-9,12-13H2. The van der Waals surface area contributed by atoms with E-state index in [1.807, 2.05) is 24.3 Å². The molecule has 130 valence electrons. The lowest BCUT2D eigenvalue weighted by Crippen LogP contribution is -2.45. The molecule has 1 aromatic carbocycles. The van der Waals surface area contributed by atoms with E-state index in [1.165, 1.54) is 5.56 Å². The average Bonchev–Trinajstić information content (AvgIpc) is 3.28. The summed E-state index contributed by atoms with van der Waals surface area (Å²) in [5.74, 6) is 1.65. The number of halogens is 1. The van der Waals surface area contributed by atoms with Crippen molar-refractivity contribution in [1.82, 2.24) is 20.0 Å². The molecule has 0 radical (unpaired) electrons. The van der Waals surface area contributed by atoms with Crippen LogP contribution in [-0.4, -0.2) is 46.2 Å². The molecule has 0 unspecified atom stereocenters. The summed E-state index contributed by atoms with van der Waals surface area (Å²) in [6.45, 7) is 5.55. The van der Waals surface area contributed by atoms with E-state index in [4.69, 9.17) is 20.4 Å². The van der Waals surface area contributed by atoms with Crippen molar-refractivity contribution in [3.8, 4) is 11.7 Å². The van der Waals surface area contributed by atoms with Crippen molar-refractivity contribution in [3.63, 3.8) is 0 Å². The van der Waals surface area contributed by atoms with Crippen LogP contribution in [0.2, 0.25) is 5.02 Å². The number of nitrogens with zero attached hydrogens (tertiary/aromatic N) is 4. The van der Waals surface area contributed by atoms with Crippen LogP contribution in [0.25, 0.3) is 11.7 Å². The van der Waals surface area contributed by atoms with Crippen LogP contribution in [0.5, 0.6) is 0 Å². The van der Waals surface area contributed by atoms with E-state index < -0.39 is 0 Å². The van der Waals surface area contributed by atoms with Crippen LogP contribution in [0.4, 0.5) is 0 Å². The highest BCUT2D eigenvalue weighted by Gasteiger charge is 2.20. The Hall–Kier alpha value is -2.15. The second-order valence-electron chi connectivity index (χ2n) is 6.16. The maximum atomic E-state index is 6.06. The van der Waals surface area contributed by atoms with Gasteiger partial charge in [-0.3, -0.25) is 9.80 Å². The van der Waals surface area contributed by atoms with Gasteiger partial charge in [0.2, 0.25) is 5.89 Å². The molecule has 0 spiro atoms. The van der Waals surface area contributed by atoms with Crippen LogP contribution >= 0.6 is 11.6 Å². The lowest BCUT2D eigenvalue weighted by molar-refractivity contribution is 0.114. The smallest absolute Gasteiger partial charge is 0.283 e. The minimum atomic E-state index is 0.430. The normalized spacial score (nSPS) is 16.4. The van der Waals surface area contributed by atoms with Gasteiger partial charge >= 0.3 is 0 Å². The fourth-order valence-corrected chi connectivity index (χ4v) is 3.22. The van der Waals surface area contributed by atoms with E-state index in [1.54, 1.807) is 12.3 Å². The molecule has 0 N–H and O–H groups in total. The first-order chi connectivity index (χ1) is 12.3. The molecule has 0 amide bonds. The maximum Gasteiger partial charge on any atom is 0.283 e. The Morgan fingerprint density at radius 1 is 0.960 bits per heavy atom. The van der Waals surface area contributed by atoms with E-state index in [9.17, 15) is 0 Å². The van der Waals surface area contributed by atoms with Gasteiger partial charge in [0.05, 0.1) is 12.8 Å². The Labute approximate surface area is 151 Å². The van der Waals surface area contributed by atoms with Gasteiger partial charge in [0.25, 0.3) is 5.89 Å². The van der Waals surface area contributed by atoms with Crippen molar-refractivity contribution < 1.29 is 8.83 Å². The molecule has 3 aromatic rings. The molecular weight excluding hydrogens is 340 g/mol. The zero-order valence-corrected chi connectivity index (χ0v) is 14.5. The molecule has 4 rings (SSSR count). The summed E-state index contributed by atoms with van der Waals surface area (Å²) in [7, 11) is 0. The molecule has 1 aliphatic rings. The second-order valence-corrected chi connectivity index (χ2v) is 6.60. The molecule has 0 aliphatic carbocycles. The summed E-state index contributed by atoms with van der Waals surface area (Å²) >= 11 is 6.06. The molecule has 6 nitrogen and oxygen atoms in total. The van der Waals surface area contributed by atoms with Gasteiger partial charge in [-0.25, -0.2) is 0 Å². The number of hydrogen-bond donors (Lipinski definition) is 0. The van der Waals surface area contributed by atoms with E-state index in [-0.39, 0.29) is 0 Å². The van der Waals surface area contributed by atoms with Gasteiger partial charge in [-0.1, -0.05) is 23.7 Å². The van der Waals surface area contributed by atoms with Crippen molar-refractivity contribution >= 4 is 11.6 Å². The van der Waals surface area contributed by atoms with Crippen molar-refractivity contribution in [2.45, 2.75) is 13.1 Å². The van der Waals surface area contributed by atoms with Gasteiger partial charge in [0.1, 0.15) is 0 Å². The topological polar surface area (TPSA) is 58.5 Å². The summed E-state index contributed by atoms with van der Waals surface area (Å²) in [5.41, 5.74) is 1.25. The van der Waals surface area contributed by atoms with Crippen molar-refractivity contribution in [2.24, 2.45) is 0 Å². The SMILES string of the molecule is Clc1cccc(CN2CCN(Cc3nnc(-c4ccco4)o3)CC2)c1. The third kappa shape index (κ3) is 4.10. The first kappa shape index (κ1) is 16.3. The second kappa shape index (κ2) is 7.39. The Balaban J connectivity index is 1.29. The van der Waals surface area contributed by atoms with E-state index in [0.717, 1.165) is 37.7 Å². The Bertz CT molecular complexity index is 810. The quantitative estimate of drug-likeness (QED) is 0.697. The molecular formula is C18H19ClN4O2. The summed E-state index contributed by atoms with van der Waals surface area (Å²) in [6, 6.07) is 11.7. The Morgan fingerprint density at radius 3 is 2.48 bits per heavy atom. The van der Waals surface area contributed by atoms with E-state index in [0.29, 0.717) is 24.1 Å². The molecule has 3 heterocycles. The summed E-state index contributed by atoms with van der Waals surface area (Å²) in [4.78, 5) is 4.76. The Kier molecular flexibility index (Phi) is 4.83. The minimum Gasteiger partial charge on any atom is -0.459 e. The zero-order valence-electron chi connectivity index (χ0n) is 13.8. The predicted octanol–water partition coefficient (Wildman–Crippen LogP) is 3.30. The molecule has 0 atom stereocenters. The van der Waals surface area contributed by atoms with Gasteiger partial charge in [0, 0.05) is 37.7 Å². The van der Waals surface area contributed by atoms with Crippen molar-refractivity contribution in [1.29, 1.82) is 0 Å². The van der Waals surface area contributed by atoms with Crippen molar-refractivity contribution in [2.75, 3.05) is 26.2 Å². The van der Waals surface area contributed by atoms with Gasteiger partial charge in [-0.15, -0.1) is 10.2 Å². The highest BCUT2D eigenvalue weighted by atomic mass is 35.5. The fourth-order valence-electron chi connectivity index (χ4n) is 3.01. The molecule has 0 saturated carbocycles. The zero-order chi connectivity index (χ0) is 17.1. The Morgan fingerprint density at radius 2 is 1.76 bits per heavy atom. The molecule has 1 aliphatic heterocycles. The fraction of sp³-hybridized carbons (Fsp3) is 0.333. The molecule has 2 aromatic heterocycles. The number of aromatic nitrogens is 2. The maximum absolute atomic E-state index is 6.06. The molecule has 0 bridgehead atoms. The minimum absolute atomic E-state index is 0.430. The summed E-state index contributed by atoms with van der Waals surface area (Å²) in [6.07, 6.45) is 1.60. The number of piperazine rings is 1. The van der Waals surface area contributed by atoms with Gasteiger partial charge in [-0.05, 0) is 29.8 Å². The van der Waals surface area contributed by atoms with Crippen LogP contribution in [0.15, 0.2) is 51.5 Å². The van der Waals surface area contributed by atoms with Crippen LogP contribution in [0.1, 0.15) is 11.5 Å². The van der Waals surface area contributed by atoms with Gasteiger partial charge in [0.15, 0.2) is 5.76 Å². The molecule has 25 heavy (non-hydrogen) atoms. The number of furan rings is 1. The third-order valence-electron chi connectivity index (χ3n) is 4.32. The largest absolute Gasteiger partial charge is 0.459 e. The van der Waals surface area contributed by atoms with Gasteiger partial charge in [-0.2, -0.15) is 0 Å². The van der Waals surface area contributed by atoms with Crippen LogP contribution < -0.4 is 0 Å². The lowest BCUT2D eigenvalue weighted by atomic mass is 10.2. The van der Waals surface area contributed by atoms with Gasteiger partial charge < -0.3 is 8.83 Å².